The lowest BCUT2D eigenvalue weighted by molar-refractivity contribution is -0.0759. The summed E-state index contributed by atoms with van der Waals surface area (Å²) in [5, 5.41) is 44.7. The van der Waals surface area contributed by atoms with Crippen molar-refractivity contribution in [3.8, 4) is 0 Å². The highest BCUT2D eigenvalue weighted by atomic mass is 16.5. The molecule has 6 nitrogen and oxygen atoms in total. The predicted molar refractivity (Wildman–Crippen MR) is 52.2 cm³/mol. The largest absolute Gasteiger partial charge is 0.394 e. The number of rotatable bonds is 8. The summed E-state index contributed by atoms with van der Waals surface area (Å²) < 4.78 is 5.07. The Hall–Kier alpha value is -0.240. The van der Waals surface area contributed by atoms with E-state index in [0.717, 1.165) is 0 Å². The maximum atomic E-state index is 9.32. The van der Waals surface area contributed by atoms with Gasteiger partial charge in [0.1, 0.15) is 6.10 Å². The van der Waals surface area contributed by atoms with Crippen LogP contribution in [0.4, 0.5) is 0 Å². The third-order valence-corrected chi connectivity index (χ3v) is 1.91. The Morgan fingerprint density at radius 2 is 1.60 bits per heavy atom. The lowest BCUT2D eigenvalue weighted by atomic mass is 10.1. The summed E-state index contributed by atoms with van der Waals surface area (Å²) in [6, 6.07) is 0. The zero-order valence-corrected chi connectivity index (χ0v) is 8.78. The number of aliphatic hydroxyl groups is 5. The monoisotopic (exact) mass is 224 g/mol. The molecule has 0 rings (SSSR count). The van der Waals surface area contributed by atoms with Gasteiger partial charge in [0, 0.05) is 6.42 Å². The van der Waals surface area contributed by atoms with Gasteiger partial charge in [-0.05, 0) is 6.92 Å². The van der Waals surface area contributed by atoms with E-state index in [9.17, 15) is 5.11 Å². The van der Waals surface area contributed by atoms with Crippen molar-refractivity contribution in [3.05, 3.63) is 0 Å². The SMILES string of the molecule is CC(O)COC(CO)CC(O)C(O)CO. The van der Waals surface area contributed by atoms with Crippen LogP contribution in [-0.2, 0) is 4.74 Å². The Morgan fingerprint density at radius 3 is 2.00 bits per heavy atom. The summed E-state index contributed by atoms with van der Waals surface area (Å²) in [5.41, 5.74) is 0. The Kier molecular flexibility index (Phi) is 7.85. The molecule has 0 amide bonds. The first-order valence-corrected chi connectivity index (χ1v) is 4.88. The normalized spacial score (nSPS) is 19.6. The highest BCUT2D eigenvalue weighted by Gasteiger charge is 2.21. The minimum Gasteiger partial charge on any atom is -0.394 e. The van der Waals surface area contributed by atoms with Gasteiger partial charge >= 0.3 is 0 Å². The van der Waals surface area contributed by atoms with Gasteiger partial charge in [0.05, 0.1) is 38.1 Å². The van der Waals surface area contributed by atoms with Gasteiger partial charge in [-0.25, -0.2) is 0 Å². The standard InChI is InChI=1S/C9H20O6/c1-6(12)5-15-7(3-10)2-8(13)9(14)4-11/h6-14H,2-5H2,1H3. The second-order valence-electron chi connectivity index (χ2n) is 3.54. The number of hydrogen-bond acceptors (Lipinski definition) is 6. The van der Waals surface area contributed by atoms with Crippen LogP contribution < -0.4 is 0 Å². The van der Waals surface area contributed by atoms with E-state index in [2.05, 4.69) is 0 Å². The Balaban J connectivity index is 3.87. The molecule has 0 aliphatic carbocycles. The predicted octanol–water partition coefficient (Wildman–Crippen LogP) is -2.15. The summed E-state index contributed by atoms with van der Waals surface area (Å²) in [6.07, 6.45) is -3.70. The first-order valence-electron chi connectivity index (χ1n) is 4.88. The van der Waals surface area contributed by atoms with E-state index in [4.69, 9.17) is 25.2 Å². The molecule has 5 N–H and O–H groups in total. The first-order chi connectivity index (χ1) is 7.01. The van der Waals surface area contributed by atoms with Crippen LogP contribution in [0.25, 0.3) is 0 Å². The molecular formula is C9H20O6. The molecule has 0 spiro atoms. The Bertz CT molecular complexity index is 152. The van der Waals surface area contributed by atoms with Crippen LogP contribution in [0.2, 0.25) is 0 Å². The summed E-state index contributed by atoms with van der Waals surface area (Å²) in [7, 11) is 0. The summed E-state index contributed by atoms with van der Waals surface area (Å²) >= 11 is 0. The molecule has 0 aromatic heterocycles. The molecule has 0 aromatic carbocycles. The van der Waals surface area contributed by atoms with Gasteiger partial charge < -0.3 is 30.3 Å². The first kappa shape index (κ1) is 14.8. The summed E-state index contributed by atoms with van der Waals surface area (Å²) in [6.45, 7) is 0.720. The van der Waals surface area contributed by atoms with Gasteiger partial charge in [-0.1, -0.05) is 0 Å². The minimum absolute atomic E-state index is 0.00491. The van der Waals surface area contributed by atoms with E-state index in [-0.39, 0.29) is 19.6 Å². The van der Waals surface area contributed by atoms with Gasteiger partial charge in [0.25, 0.3) is 0 Å². The Labute approximate surface area is 88.7 Å². The second kappa shape index (κ2) is 7.98. The minimum atomic E-state index is -1.24. The molecule has 0 bridgehead atoms. The topological polar surface area (TPSA) is 110 Å². The van der Waals surface area contributed by atoms with Crippen molar-refractivity contribution in [2.24, 2.45) is 0 Å². The van der Waals surface area contributed by atoms with Crippen LogP contribution >= 0.6 is 0 Å². The fourth-order valence-corrected chi connectivity index (χ4v) is 1.02. The highest BCUT2D eigenvalue weighted by molar-refractivity contribution is 4.71. The molecule has 0 saturated heterocycles. The molecule has 0 aliphatic rings. The van der Waals surface area contributed by atoms with Crippen molar-refractivity contribution in [1.29, 1.82) is 0 Å². The lowest BCUT2D eigenvalue weighted by Gasteiger charge is -2.22. The van der Waals surface area contributed by atoms with E-state index in [1.54, 1.807) is 0 Å². The molecule has 0 heterocycles. The fourth-order valence-electron chi connectivity index (χ4n) is 1.02. The van der Waals surface area contributed by atoms with E-state index < -0.39 is 31.0 Å². The van der Waals surface area contributed by atoms with E-state index >= 15 is 0 Å². The molecule has 0 fully saturated rings. The van der Waals surface area contributed by atoms with Crippen LogP contribution in [-0.4, -0.2) is 69.8 Å². The van der Waals surface area contributed by atoms with Gasteiger partial charge in [-0.2, -0.15) is 0 Å². The fraction of sp³-hybridized carbons (Fsp3) is 1.00. The lowest BCUT2D eigenvalue weighted by Crippen LogP contribution is -2.35. The molecule has 0 aromatic rings. The molecule has 0 saturated carbocycles. The van der Waals surface area contributed by atoms with E-state index in [0.29, 0.717) is 0 Å². The molecule has 4 unspecified atom stereocenters. The average Bonchev–Trinajstić information content (AvgIpc) is 2.22. The third kappa shape index (κ3) is 6.77. The van der Waals surface area contributed by atoms with Crippen molar-refractivity contribution in [3.63, 3.8) is 0 Å². The molecule has 4 atom stereocenters. The highest BCUT2D eigenvalue weighted by Crippen LogP contribution is 2.06. The summed E-state index contributed by atoms with van der Waals surface area (Å²) in [4.78, 5) is 0. The van der Waals surface area contributed by atoms with Crippen LogP contribution in [0.1, 0.15) is 13.3 Å². The van der Waals surface area contributed by atoms with Gasteiger partial charge in [-0.3, -0.25) is 0 Å². The van der Waals surface area contributed by atoms with Crippen molar-refractivity contribution >= 4 is 0 Å². The molecule has 6 heteroatoms. The van der Waals surface area contributed by atoms with Crippen LogP contribution in [0, 0.1) is 0 Å². The zero-order valence-electron chi connectivity index (χ0n) is 8.78. The Morgan fingerprint density at radius 1 is 1.00 bits per heavy atom. The van der Waals surface area contributed by atoms with Crippen molar-refractivity contribution in [1.82, 2.24) is 0 Å². The number of hydrogen-bond donors (Lipinski definition) is 5. The van der Waals surface area contributed by atoms with Crippen molar-refractivity contribution < 1.29 is 30.3 Å². The zero-order chi connectivity index (χ0) is 11.8. The van der Waals surface area contributed by atoms with Crippen molar-refractivity contribution in [2.45, 2.75) is 37.8 Å². The molecule has 15 heavy (non-hydrogen) atoms. The molecule has 0 radical (unpaired) electrons. The van der Waals surface area contributed by atoms with E-state index in [1.165, 1.54) is 6.92 Å². The maximum absolute atomic E-state index is 9.32. The van der Waals surface area contributed by atoms with Gasteiger partial charge in [0.15, 0.2) is 0 Å². The maximum Gasteiger partial charge on any atom is 0.103 e. The average molecular weight is 224 g/mol. The quantitative estimate of drug-likeness (QED) is 0.321. The van der Waals surface area contributed by atoms with Crippen molar-refractivity contribution in [2.75, 3.05) is 19.8 Å². The third-order valence-electron chi connectivity index (χ3n) is 1.91. The van der Waals surface area contributed by atoms with Gasteiger partial charge in [-0.15, -0.1) is 0 Å². The molecular weight excluding hydrogens is 204 g/mol. The number of aliphatic hydroxyl groups excluding tert-OH is 5. The molecule has 92 valence electrons. The second-order valence-corrected chi connectivity index (χ2v) is 3.54. The molecule has 0 aliphatic heterocycles. The van der Waals surface area contributed by atoms with Gasteiger partial charge in [0.2, 0.25) is 0 Å². The summed E-state index contributed by atoms with van der Waals surface area (Å²) in [5.74, 6) is 0. The van der Waals surface area contributed by atoms with Crippen LogP contribution in [0.15, 0.2) is 0 Å². The number of ether oxygens (including phenoxy) is 1. The van der Waals surface area contributed by atoms with E-state index in [1.807, 2.05) is 0 Å². The smallest absolute Gasteiger partial charge is 0.103 e. The van der Waals surface area contributed by atoms with Crippen LogP contribution in [0.3, 0.4) is 0 Å². The van der Waals surface area contributed by atoms with Crippen LogP contribution in [0.5, 0.6) is 0 Å².